The van der Waals surface area contributed by atoms with Crippen molar-refractivity contribution in [2.45, 2.75) is 57.9 Å². The molecule has 6 heteroatoms. The second-order valence-corrected chi connectivity index (χ2v) is 8.35. The normalized spacial score (nSPS) is 19.6. The van der Waals surface area contributed by atoms with Crippen molar-refractivity contribution in [3.8, 4) is 0 Å². The van der Waals surface area contributed by atoms with E-state index in [2.05, 4.69) is 33.2 Å². The largest absolute Gasteiger partial charge is 0.356 e. The van der Waals surface area contributed by atoms with Crippen LogP contribution in [0.25, 0.3) is 10.2 Å². The van der Waals surface area contributed by atoms with Crippen molar-refractivity contribution in [2.24, 2.45) is 5.92 Å². The molecule has 1 saturated heterocycles. The summed E-state index contributed by atoms with van der Waals surface area (Å²) in [6.07, 6.45) is 9.35. The van der Waals surface area contributed by atoms with Gasteiger partial charge < -0.3 is 10.2 Å². The number of rotatable bonds is 4. The zero-order valence-electron chi connectivity index (χ0n) is 14.8. The highest BCUT2D eigenvalue weighted by molar-refractivity contribution is 7.18. The van der Waals surface area contributed by atoms with Crippen LogP contribution in [-0.4, -0.2) is 35.0 Å². The molecule has 0 radical (unpaired) electrons. The van der Waals surface area contributed by atoms with Gasteiger partial charge in [0.25, 0.3) is 0 Å². The number of anilines is 1. The topological polar surface area (TPSA) is 58.1 Å². The number of piperidine rings is 1. The molecule has 5 nitrogen and oxygen atoms in total. The molecule has 2 aromatic rings. The van der Waals surface area contributed by atoms with Crippen molar-refractivity contribution < 1.29 is 4.79 Å². The summed E-state index contributed by atoms with van der Waals surface area (Å²) in [5.41, 5.74) is 0. The summed E-state index contributed by atoms with van der Waals surface area (Å²) in [6.45, 7) is 3.96. The van der Waals surface area contributed by atoms with E-state index in [0.717, 1.165) is 55.8 Å². The molecule has 1 amide bonds. The monoisotopic (exact) mass is 358 g/mol. The van der Waals surface area contributed by atoms with Gasteiger partial charge in [-0.25, -0.2) is 9.97 Å². The van der Waals surface area contributed by atoms with E-state index < -0.39 is 0 Å². The average molecular weight is 359 g/mol. The van der Waals surface area contributed by atoms with Gasteiger partial charge in [0.1, 0.15) is 17.0 Å². The van der Waals surface area contributed by atoms with E-state index in [-0.39, 0.29) is 11.8 Å². The van der Waals surface area contributed by atoms with Crippen molar-refractivity contribution in [3.05, 3.63) is 17.3 Å². The fourth-order valence-corrected chi connectivity index (χ4v) is 4.99. The number of nitrogens with zero attached hydrogens (tertiary/aromatic N) is 3. The average Bonchev–Trinajstić information content (AvgIpc) is 3.30. The van der Waals surface area contributed by atoms with Crippen LogP contribution in [0.4, 0.5) is 5.82 Å². The predicted molar refractivity (Wildman–Crippen MR) is 102 cm³/mol. The van der Waals surface area contributed by atoms with Crippen LogP contribution in [0.3, 0.4) is 0 Å². The quantitative estimate of drug-likeness (QED) is 0.908. The maximum atomic E-state index is 12.5. The van der Waals surface area contributed by atoms with E-state index in [4.69, 9.17) is 0 Å². The molecule has 1 aliphatic heterocycles. The Kier molecular flexibility index (Phi) is 4.88. The van der Waals surface area contributed by atoms with Crippen molar-refractivity contribution in [3.63, 3.8) is 0 Å². The molecule has 25 heavy (non-hydrogen) atoms. The first-order chi connectivity index (χ1) is 12.2. The fourth-order valence-electron chi connectivity index (χ4n) is 4.06. The van der Waals surface area contributed by atoms with Crippen LogP contribution in [-0.2, 0) is 11.2 Å². The number of aryl methyl sites for hydroxylation is 1. The van der Waals surface area contributed by atoms with Gasteiger partial charge in [0.05, 0.1) is 5.39 Å². The van der Waals surface area contributed by atoms with Crippen LogP contribution in [0.2, 0.25) is 0 Å². The van der Waals surface area contributed by atoms with Crippen LogP contribution >= 0.6 is 11.3 Å². The number of hydrogen-bond acceptors (Lipinski definition) is 5. The molecular weight excluding hydrogens is 332 g/mol. The molecule has 1 N–H and O–H groups in total. The lowest BCUT2D eigenvalue weighted by Crippen LogP contribution is -2.43. The standard InChI is InChI=1S/C19H26N4OS/c1-2-15-11-16-17(20-12-21-19(16)25-15)23-9-7-13(8-10-23)18(24)22-14-5-3-4-6-14/h11-14H,2-10H2,1H3,(H,22,24). The smallest absolute Gasteiger partial charge is 0.223 e. The first kappa shape index (κ1) is 16.8. The molecule has 2 aromatic heterocycles. The Morgan fingerprint density at radius 1 is 1.24 bits per heavy atom. The van der Waals surface area contributed by atoms with Gasteiger partial charge in [-0.2, -0.15) is 0 Å². The molecule has 0 bridgehead atoms. The minimum absolute atomic E-state index is 0.155. The van der Waals surface area contributed by atoms with Gasteiger partial charge in [-0.05, 0) is 38.2 Å². The van der Waals surface area contributed by atoms with Gasteiger partial charge in [0, 0.05) is 29.9 Å². The van der Waals surface area contributed by atoms with Gasteiger partial charge in [-0.15, -0.1) is 11.3 Å². The van der Waals surface area contributed by atoms with Crippen LogP contribution in [0, 0.1) is 5.92 Å². The second kappa shape index (κ2) is 7.28. The van der Waals surface area contributed by atoms with E-state index in [9.17, 15) is 4.79 Å². The number of carbonyl (C=O) groups is 1. The summed E-state index contributed by atoms with van der Waals surface area (Å²) in [5.74, 6) is 1.46. The lowest BCUT2D eigenvalue weighted by molar-refractivity contribution is -0.126. The number of thiophene rings is 1. The number of carbonyl (C=O) groups excluding carboxylic acids is 1. The van der Waals surface area contributed by atoms with Crippen molar-refractivity contribution in [1.29, 1.82) is 0 Å². The zero-order valence-corrected chi connectivity index (χ0v) is 15.6. The lowest BCUT2D eigenvalue weighted by Gasteiger charge is -2.32. The molecule has 0 spiro atoms. The minimum Gasteiger partial charge on any atom is -0.356 e. The van der Waals surface area contributed by atoms with E-state index in [1.54, 1.807) is 17.7 Å². The van der Waals surface area contributed by atoms with Crippen LogP contribution in [0.5, 0.6) is 0 Å². The summed E-state index contributed by atoms with van der Waals surface area (Å²) < 4.78 is 0. The van der Waals surface area contributed by atoms with Crippen molar-refractivity contribution in [1.82, 2.24) is 15.3 Å². The lowest BCUT2D eigenvalue weighted by atomic mass is 9.95. The summed E-state index contributed by atoms with van der Waals surface area (Å²) >= 11 is 1.76. The van der Waals surface area contributed by atoms with Crippen LogP contribution in [0.1, 0.15) is 50.3 Å². The number of nitrogens with one attached hydrogen (secondary N) is 1. The molecule has 1 saturated carbocycles. The van der Waals surface area contributed by atoms with Gasteiger partial charge in [-0.3, -0.25) is 4.79 Å². The van der Waals surface area contributed by atoms with Gasteiger partial charge in [0.15, 0.2) is 0 Å². The molecule has 3 heterocycles. The Morgan fingerprint density at radius 2 is 2.00 bits per heavy atom. The number of aromatic nitrogens is 2. The van der Waals surface area contributed by atoms with Gasteiger partial charge in [-0.1, -0.05) is 19.8 Å². The van der Waals surface area contributed by atoms with E-state index in [1.807, 2.05) is 0 Å². The first-order valence-electron chi connectivity index (χ1n) is 9.53. The Morgan fingerprint density at radius 3 is 2.72 bits per heavy atom. The third kappa shape index (κ3) is 3.50. The number of amides is 1. The Labute approximate surface area is 152 Å². The van der Waals surface area contributed by atoms with E-state index in [1.165, 1.54) is 23.1 Å². The Bertz CT molecular complexity index is 745. The van der Waals surface area contributed by atoms with E-state index >= 15 is 0 Å². The Balaban J connectivity index is 1.41. The summed E-state index contributed by atoms with van der Waals surface area (Å²) in [6, 6.07) is 2.65. The molecule has 2 aliphatic rings. The van der Waals surface area contributed by atoms with Gasteiger partial charge in [0.2, 0.25) is 5.91 Å². The molecule has 0 unspecified atom stereocenters. The third-order valence-corrected chi connectivity index (χ3v) is 6.76. The van der Waals surface area contributed by atoms with Gasteiger partial charge >= 0.3 is 0 Å². The summed E-state index contributed by atoms with van der Waals surface area (Å²) in [5, 5.41) is 4.43. The fraction of sp³-hybridized carbons (Fsp3) is 0.632. The highest BCUT2D eigenvalue weighted by Crippen LogP contribution is 2.32. The first-order valence-corrected chi connectivity index (χ1v) is 10.3. The maximum absolute atomic E-state index is 12.5. The molecular formula is C19H26N4OS. The van der Waals surface area contributed by atoms with Crippen molar-refractivity contribution >= 4 is 33.3 Å². The predicted octanol–water partition coefficient (Wildman–Crippen LogP) is 3.53. The maximum Gasteiger partial charge on any atom is 0.223 e. The summed E-state index contributed by atoms with van der Waals surface area (Å²) in [7, 11) is 0. The molecule has 2 fully saturated rings. The highest BCUT2D eigenvalue weighted by Gasteiger charge is 2.28. The molecule has 0 atom stereocenters. The number of hydrogen-bond donors (Lipinski definition) is 1. The zero-order chi connectivity index (χ0) is 17.2. The third-order valence-electron chi connectivity index (χ3n) is 5.57. The molecule has 1 aliphatic carbocycles. The second-order valence-electron chi connectivity index (χ2n) is 7.23. The SMILES string of the molecule is CCc1cc2c(N3CCC(C(=O)NC4CCCC4)CC3)ncnc2s1. The molecule has 4 rings (SSSR count). The summed E-state index contributed by atoms with van der Waals surface area (Å²) in [4.78, 5) is 26.2. The van der Waals surface area contributed by atoms with E-state index in [0.29, 0.717) is 6.04 Å². The van der Waals surface area contributed by atoms with Crippen LogP contribution in [0.15, 0.2) is 12.4 Å². The van der Waals surface area contributed by atoms with Crippen LogP contribution < -0.4 is 10.2 Å². The minimum atomic E-state index is 0.155. The van der Waals surface area contributed by atoms with Crippen molar-refractivity contribution in [2.75, 3.05) is 18.0 Å². The highest BCUT2D eigenvalue weighted by atomic mass is 32.1. The molecule has 134 valence electrons. The Hall–Kier alpha value is -1.69. The molecule has 0 aromatic carbocycles. The number of fused-ring (bicyclic) bond motifs is 1.